The third kappa shape index (κ3) is 2.58. The van der Waals surface area contributed by atoms with E-state index in [4.69, 9.17) is 5.41 Å². The van der Waals surface area contributed by atoms with Crippen molar-refractivity contribution in [1.82, 2.24) is 25.6 Å². The molecule has 0 unspecified atom stereocenters. The SMILES string of the molecule is N=C=S.c1cnc2nnnnc2c1. The van der Waals surface area contributed by atoms with Gasteiger partial charge in [0.2, 0.25) is 5.65 Å². The van der Waals surface area contributed by atoms with E-state index < -0.39 is 0 Å². The second-order valence-corrected chi connectivity index (χ2v) is 2.03. The summed E-state index contributed by atoms with van der Waals surface area (Å²) in [7, 11) is 0. The molecule has 64 valence electrons. The van der Waals surface area contributed by atoms with E-state index >= 15 is 0 Å². The normalized spacial score (nSPS) is 8.31. The van der Waals surface area contributed by atoms with Crippen LogP contribution >= 0.6 is 12.2 Å². The minimum Gasteiger partial charge on any atom is -0.248 e. The van der Waals surface area contributed by atoms with Crippen molar-refractivity contribution in [3.63, 3.8) is 0 Å². The van der Waals surface area contributed by atoms with Crippen LogP contribution in [-0.2, 0) is 0 Å². The van der Waals surface area contributed by atoms with Crippen molar-refractivity contribution in [3.8, 4) is 0 Å². The Morgan fingerprint density at radius 1 is 1.31 bits per heavy atom. The molecule has 0 fully saturated rings. The van der Waals surface area contributed by atoms with Gasteiger partial charge in [-0.15, -0.1) is 10.2 Å². The number of hydrogen-bond acceptors (Lipinski definition) is 7. The quantitative estimate of drug-likeness (QED) is 0.482. The third-order valence-electron chi connectivity index (χ3n) is 1.10. The molecule has 0 bridgehead atoms. The molecular formula is C6H4N6S. The lowest BCUT2D eigenvalue weighted by Gasteiger charge is -1.86. The third-order valence-corrected chi connectivity index (χ3v) is 1.10. The molecule has 0 atom stereocenters. The van der Waals surface area contributed by atoms with Gasteiger partial charge in [-0.1, -0.05) is 0 Å². The maximum atomic E-state index is 5.77. The van der Waals surface area contributed by atoms with Gasteiger partial charge in [0, 0.05) is 6.20 Å². The Morgan fingerprint density at radius 2 is 2.00 bits per heavy atom. The monoisotopic (exact) mass is 192 g/mol. The highest BCUT2D eigenvalue weighted by Gasteiger charge is 1.92. The second kappa shape index (κ2) is 4.91. The highest BCUT2D eigenvalue weighted by Crippen LogP contribution is 1.97. The molecule has 0 aliphatic carbocycles. The molecule has 2 heterocycles. The first kappa shape index (κ1) is 9.24. The summed E-state index contributed by atoms with van der Waals surface area (Å²) in [5, 5.41) is 21.4. The van der Waals surface area contributed by atoms with Gasteiger partial charge in [0.1, 0.15) is 5.52 Å². The summed E-state index contributed by atoms with van der Waals surface area (Å²) in [4.78, 5) is 3.91. The number of isothiocyanates is 1. The average Bonchev–Trinajstić information content (AvgIpc) is 2.19. The van der Waals surface area contributed by atoms with E-state index in [0.29, 0.717) is 11.2 Å². The predicted molar refractivity (Wildman–Crippen MR) is 48.2 cm³/mol. The zero-order valence-corrected chi connectivity index (χ0v) is 7.19. The van der Waals surface area contributed by atoms with Crippen molar-refractivity contribution in [2.24, 2.45) is 0 Å². The van der Waals surface area contributed by atoms with E-state index in [2.05, 4.69) is 37.8 Å². The largest absolute Gasteiger partial charge is 0.248 e. The standard InChI is InChI=1S/C5H3N5.CHNS/c1-2-4-5(6-3-1)8-10-9-7-4;2-1-3/h1-3H;2H. The van der Waals surface area contributed by atoms with Crippen LogP contribution in [0.4, 0.5) is 0 Å². The van der Waals surface area contributed by atoms with Gasteiger partial charge in [-0.25, -0.2) is 10.4 Å². The Morgan fingerprint density at radius 3 is 2.69 bits per heavy atom. The van der Waals surface area contributed by atoms with Gasteiger partial charge >= 0.3 is 0 Å². The van der Waals surface area contributed by atoms with Gasteiger partial charge in [-0.2, -0.15) is 0 Å². The lowest BCUT2D eigenvalue weighted by Crippen LogP contribution is -1.93. The molecule has 0 amide bonds. The minimum atomic E-state index is 0.525. The van der Waals surface area contributed by atoms with Crippen molar-refractivity contribution >= 4 is 28.5 Å². The average molecular weight is 192 g/mol. The molecule has 0 saturated heterocycles. The molecule has 0 aliphatic rings. The van der Waals surface area contributed by atoms with Crippen LogP contribution in [0.3, 0.4) is 0 Å². The van der Waals surface area contributed by atoms with Gasteiger partial charge < -0.3 is 0 Å². The molecule has 2 aromatic heterocycles. The van der Waals surface area contributed by atoms with Gasteiger partial charge in [0.25, 0.3) is 0 Å². The van der Waals surface area contributed by atoms with Crippen LogP contribution in [-0.4, -0.2) is 30.8 Å². The first-order valence-electron chi connectivity index (χ1n) is 3.19. The van der Waals surface area contributed by atoms with Crippen molar-refractivity contribution in [2.45, 2.75) is 0 Å². The zero-order chi connectivity index (χ0) is 9.52. The molecule has 13 heavy (non-hydrogen) atoms. The fourth-order valence-corrected chi connectivity index (χ4v) is 0.674. The fraction of sp³-hybridized carbons (Fsp3) is 0. The molecule has 0 aromatic carbocycles. The summed E-state index contributed by atoms with van der Waals surface area (Å²) < 4.78 is 0. The number of nitrogens with one attached hydrogen (secondary N) is 1. The molecule has 2 rings (SSSR count). The van der Waals surface area contributed by atoms with Gasteiger partial charge in [-0.05, 0) is 34.8 Å². The number of aromatic nitrogens is 5. The van der Waals surface area contributed by atoms with E-state index in [0.717, 1.165) is 0 Å². The van der Waals surface area contributed by atoms with Gasteiger partial charge in [0.15, 0.2) is 0 Å². The lowest BCUT2D eigenvalue weighted by atomic mass is 10.4. The Balaban J connectivity index is 0.000000251. The predicted octanol–water partition coefficient (Wildman–Crippen LogP) is 0.483. The minimum absolute atomic E-state index is 0.525. The molecule has 2 aromatic rings. The lowest BCUT2D eigenvalue weighted by molar-refractivity contribution is 0.790. The Kier molecular flexibility index (Phi) is 3.49. The Labute approximate surface area is 78.5 Å². The molecule has 0 saturated carbocycles. The van der Waals surface area contributed by atoms with E-state index in [1.54, 1.807) is 23.5 Å². The van der Waals surface area contributed by atoms with Crippen LogP contribution in [0.2, 0.25) is 0 Å². The molecule has 6 nitrogen and oxygen atoms in total. The smallest absolute Gasteiger partial charge is 0.204 e. The summed E-state index contributed by atoms with van der Waals surface area (Å²) in [5.41, 5.74) is 1.19. The van der Waals surface area contributed by atoms with Gasteiger partial charge in [0.05, 0.1) is 5.16 Å². The number of hydrogen-bond donors (Lipinski definition) is 1. The zero-order valence-electron chi connectivity index (χ0n) is 6.38. The van der Waals surface area contributed by atoms with Gasteiger partial charge in [-0.3, -0.25) is 0 Å². The molecule has 0 spiro atoms. The maximum absolute atomic E-state index is 5.77. The first-order valence-corrected chi connectivity index (χ1v) is 3.60. The number of rotatable bonds is 0. The fourth-order valence-electron chi connectivity index (χ4n) is 0.674. The molecule has 0 radical (unpaired) electrons. The van der Waals surface area contributed by atoms with E-state index in [9.17, 15) is 0 Å². The van der Waals surface area contributed by atoms with Crippen LogP contribution < -0.4 is 0 Å². The summed E-state index contributed by atoms with van der Waals surface area (Å²) in [6, 6.07) is 3.56. The number of thiocarbonyl (C=S) groups is 1. The molecular weight excluding hydrogens is 188 g/mol. The van der Waals surface area contributed by atoms with Crippen molar-refractivity contribution in [1.29, 1.82) is 5.41 Å². The summed E-state index contributed by atoms with van der Waals surface area (Å²) in [6.07, 6.45) is 1.64. The number of fused-ring (bicyclic) bond motifs is 1. The van der Waals surface area contributed by atoms with Crippen molar-refractivity contribution in [2.75, 3.05) is 0 Å². The van der Waals surface area contributed by atoms with Crippen LogP contribution in [0.5, 0.6) is 0 Å². The van der Waals surface area contributed by atoms with Crippen LogP contribution in [0.25, 0.3) is 11.2 Å². The topological polar surface area (TPSA) is 88.3 Å². The van der Waals surface area contributed by atoms with Crippen LogP contribution in [0.15, 0.2) is 18.3 Å². The van der Waals surface area contributed by atoms with E-state index in [1.807, 2.05) is 0 Å². The van der Waals surface area contributed by atoms with E-state index in [-0.39, 0.29) is 0 Å². The maximum Gasteiger partial charge on any atom is 0.204 e. The van der Waals surface area contributed by atoms with Crippen LogP contribution in [0, 0.1) is 5.41 Å². The Bertz CT molecular complexity index is 359. The highest BCUT2D eigenvalue weighted by atomic mass is 32.1. The van der Waals surface area contributed by atoms with Crippen LogP contribution in [0.1, 0.15) is 0 Å². The first-order chi connectivity index (χ1) is 6.38. The summed E-state index contributed by atoms with van der Waals surface area (Å²) in [6.45, 7) is 0. The highest BCUT2D eigenvalue weighted by molar-refractivity contribution is 7.78. The number of pyridine rings is 1. The van der Waals surface area contributed by atoms with E-state index in [1.165, 1.54) is 0 Å². The Hall–Kier alpha value is -1.85. The molecule has 1 N–H and O–H groups in total. The van der Waals surface area contributed by atoms with Crippen molar-refractivity contribution in [3.05, 3.63) is 18.3 Å². The molecule has 7 heteroatoms. The summed E-state index contributed by atoms with van der Waals surface area (Å²) in [5.74, 6) is 0. The molecule has 0 aliphatic heterocycles. The van der Waals surface area contributed by atoms with Crippen molar-refractivity contribution < 1.29 is 0 Å². The second-order valence-electron chi connectivity index (χ2n) is 1.83. The summed E-state index contributed by atoms with van der Waals surface area (Å²) >= 11 is 3.81. The number of nitrogens with zero attached hydrogens (tertiary/aromatic N) is 5.